The minimum atomic E-state index is -2.80. The second-order valence-corrected chi connectivity index (χ2v) is 5.55. The summed E-state index contributed by atoms with van der Waals surface area (Å²) in [4.78, 5) is 0. The minimum absolute atomic E-state index is 0.422. The maximum atomic E-state index is 11.3. The summed E-state index contributed by atoms with van der Waals surface area (Å²) in [5.41, 5.74) is 0. The molecule has 0 fully saturated rings. The molecule has 0 aromatic rings. The summed E-state index contributed by atoms with van der Waals surface area (Å²) in [6.45, 7) is 1.16. The van der Waals surface area contributed by atoms with Crippen molar-refractivity contribution in [3.63, 3.8) is 0 Å². The number of allylic oxidation sites excluding steroid dienone is 1. The van der Waals surface area contributed by atoms with Gasteiger partial charge in [-0.3, -0.25) is 4.52 Å². The van der Waals surface area contributed by atoms with Crippen LogP contribution >= 0.6 is 18.2 Å². The molecule has 0 aliphatic carbocycles. The standard InChI is InChI=1S/C5H9O3PS/c1-3-7-9(6)8-5(2)4-10-9/h4H,3H2,1-2H3. The molecule has 1 unspecified atom stereocenters. The molecule has 0 N–H and O–H groups in total. The first-order valence-electron chi connectivity index (χ1n) is 2.95. The van der Waals surface area contributed by atoms with Crippen molar-refractivity contribution in [2.75, 3.05) is 6.61 Å². The van der Waals surface area contributed by atoms with Gasteiger partial charge in [-0.15, -0.1) is 0 Å². The summed E-state index contributed by atoms with van der Waals surface area (Å²) in [6.07, 6.45) is 0. The molecule has 0 saturated carbocycles. The quantitative estimate of drug-likeness (QED) is 0.612. The highest BCUT2D eigenvalue weighted by Gasteiger charge is 2.30. The van der Waals surface area contributed by atoms with Crippen LogP contribution < -0.4 is 0 Å². The van der Waals surface area contributed by atoms with Crippen molar-refractivity contribution < 1.29 is 13.6 Å². The summed E-state index contributed by atoms with van der Waals surface area (Å²) < 4.78 is 21.1. The number of hydrogen-bond donors (Lipinski definition) is 0. The highest BCUT2D eigenvalue weighted by molar-refractivity contribution is 8.57. The second kappa shape index (κ2) is 2.99. The minimum Gasteiger partial charge on any atom is -0.421 e. The Kier molecular flexibility index (Phi) is 2.45. The van der Waals surface area contributed by atoms with E-state index < -0.39 is 6.80 Å². The van der Waals surface area contributed by atoms with Gasteiger partial charge in [0.25, 0.3) is 0 Å². The van der Waals surface area contributed by atoms with E-state index in [1.807, 2.05) is 0 Å². The molecule has 1 rings (SSSR count). The molecule has 0 aromatic carbocycles. The van der Waals surface area contributed by atoms with Crippen molar-refractivity contribution >= 4 is 18.2 Å². The molecule has 1 atom stereocenters. The number of rotatable bonds is 2. The summed E-state index contributed by atoms with van der Waals surface area (Å²) in [5.74, 6) is 0.668. The van der Waals surface area contributed by atoms with Crippen molar-refractivity contribution in [3.05, 3.63) is 11.2 Å². The van der Waals surface area contributed by atoms with Gasteiger partial charge in [0.15, 0.2) is 0 Å². The van der Waals surface area contributed by atoms with Gasteiger partial charge < -0.3 is 4.52 Å². The third kappa shape index (κ3) is 1.78. The van der Waals surface area contributed by atoms with E-state index in [0.29, 0.717) is 12.4 Å². The van der Waals surface area contributed by atoms with Crippen LogP contribution in [0.1, 0.15) is 13.8 Å². The average Bonchev–Trinajstić information content (AvgIpc) is 2.12. The Morgan fingerprint density at radius 1 is 1.90 bits per heavy atom. The summed E-state index contributed by atoms with van der Waals surface area (Å²) >= 11 is 1.13. The molecule has 1 aliphatic heterocycles. The van der Waals surface area contributed by atoms with Crippen molar-refractivity contribution in [2.24, 2.45) is 0 Å². The monoisotopic (exact) mass is 180 g/mol. The molecule has 58 valence electrons. The van der Waals surface area contributed by atoms with Crippen molar-refractivity contribution in [2.45, 2.75) is 13.8 Å². The zero-order chi connectivity index (χ0) is 7.61. The predicted molar refractivity (Wildman–Crippen MR) is 41.7 cm³/mol. The van der Waals surface area contributed by atoms with Crippen LogP contribution in [0.5, 0.6) is 0 Å². The fraction of sp³-hybridized carbons (Fsp3) is 0.600. The largest absolute Gasteiger partial charge is 0.444 e. The van der Waals surface area contributed by atoms with Gasteiger partial charge in [-0.2, -0.15) is 0 Å². The van der Waals surface area contributed by atoms with E-state index in [2.05, 4.69) is 0 Å². The molecule has 0 radical (unpaired) electrons. The van der Waals surface area contributed by atoms with Crippen LogP contribution in [0.3, 0.4) is 0 Å². The lowest BCUT2D eigenvalue weighted by Crippen LogP contribution is -1.84. The first-order valence-corrected chi connectivity index (χ1v) is 5.98. The molecule has 5 heteroatoms. The maximum Gasteiger partial charge on any atom is 0.444 e. The molecule has 0 amide bonds. The van der Waals surface area contributed by atoms with Crippen LogP contribution in [0.15, 0.2) is 11.2 Å². The third-order valence-corrected chi connectivity index (χ3v) is 4.30. The first kappa shape index (κ1) is 8.18. The Bertz CT molecular complexity index is 201. The molecule has 0 aromatic heterocycles. The van der Waals surface area contributed by atoms with Gasteiger partial charge in [-0.1, -0.05) is 0 Å². The summed E-state index contributed by atoms with van der Waals surface area (Å²) in [6, 6.07) is 0. The topological polar surface area (TPSA) is 35.5 Å². The highest BCUT2D eigenvalue weighted by atomic mass is 32.7. The molecular weight excluding hydrogens is 171 g/mol. The Hall–Kier alpha value is 0.0800. The van der Waals surface area contributed by atoms with E-state index >= 15 is 0 Å². The summed E-state index contributed by atoms with van der Waals surface area (Å²) in [5, 5.41) is 1.70. The normalized spacial score (nSPS) is 31.6. The highest BCUT2D eigenvalue weighted by Crippen LogP contribution is 2.66. The van der Waals surface area contributed by atoms with Gasteiger partial charge in [0.2, 0.25) is 0 Å². The molecule has 0 spiro atoms. The van der Waals surface area contributed by atoms with Gasteiger partial charge in [-0.25, -0.2) is 4.57 Å². The smallest absolute Gasteiger partial charge is 0.421 e. The second-order valence-electron chi connectivity index (χ2n) is 1.79. The molecule has 0 bridgehead atoms. The lowest BCUT2D eigenvalue weighted by atomic mass is 10.7. The van der Waals surface area contributed by atoms with Gasteiger partial charge in [0.05, 0.1) is 6.61 Å². The predicted octanol–water partition coefficient (Wildman–Crippen LogP) is 2.76. The van der Waals surface area contributed by atoms with E-state index in [1.165, 1.54) is 0 Å². The van der Waals surface area contributed by atoms with Gasteiger partial charge in [0.1, 0.15) is 5.76 Å². The molecule has 1 aliphatic rings. The molecule has 3 nitrogen and oxygen atoms in total. The van der Waals surface area contributed by atoms with E-state index in [9.17, 15) is 4.57 Å². The van der Waals surface area contributed by atoms with Crippen LogP contribution in [0.25, 0.3) is 0 Å². The fourth-order valence-corrected chi connectivity index (χ4v) is 3.66. The average molecular weight is 180 g/mol. The molecule has 1 heterocycles. The first-order chi connectivity index (χ1) is 4.66. The number of hydrogen-bond acceptors (Lipinski definition) is 4. The van der Waals surface area contributed by atoms with E-state index in [0.717, 1.165) is 11.4 Å². The molecule has 10 heavy (non-hydrogen) atoms. The van der Waals surface area contributed by atoms with Gasteiger partial charge in [0, 0.05) is 16.8 Å². The lowest BCUT2D eigenvalue weighted by Gasteiger charge is -2.08. The van der Waals surface area contributed by atoms with Gasteiger partial charge >= 0.3 is 6.80 Å². The lowest BCUT2D eigenvalue weighted by molar-refractivity contribution is 0.270. The zero-order valence-corrected chi connectivity index (χ0v) is 7.58. The Labute approximate surface area is 64.1 Å². The van der Waals surface area contributed by atoms with E-state index in [-0.39, 0.29) is 0 Å². The van der Waals surface area contributed by atoms with Crippen LogP contribution in [0.4, 0.5) is 0 Å². The Morgan fingerprint density at radius 2 is 2.60 bits per heavy atom. The fourth-order valence-electron chi connectivity index (χ4n) is 0.573. The van der Waals surface area contributed by atoms with Crippen LogP contribution in [0, 0.1) is 0 Å². The van der Waals surface area contributed by atoms with Gasteiger partial charge in [-0.05, 0) is 13.8 Å². The zero-order valence-electron chi connectivity index (χ0n) is 5.86. The Morgan fingerprint density at radius 3 is 3.00 bits per heavy atom. The van der Waals surface area contributed by atoms with Crippen LogP contribution in [0.2, 0.25) is 0 Å². The van der Waals surface area contributed by atoms with E-state index in [4.69, 9.17) is 9.05 Å². The molecule has 0 saturated heterocycles. The van der Waals surface area contributed by atoms with Crippen LogP contribution in [-0.2, 0) is 13.6 Å². The van der Waals surface area contributed by atoms with Crippen molar-refractivity contribution in [1.82, 2.24) is 0 Å². The van der Waals surface area contributed by atoms with Crippen molar-refractivity contribution in [1.29, 1.82) is 0 Å². The molecular formula is C5H9O3PS. The maximum absolute atomic E-state index is 11.3. The third-order valence-electron chi connectivity index (χ3n) is 0.891. The SMILES string of the molecule is CCOP1(=O)OC(C)=CS1. The van der Waals surface area contributed by atoms with Crippen molar-refractivity contribution in [3.8, 4) is 0 Å². The Balaban J connectivity index is 2.53. The summed E-state index contributed by atoms with van der Waals surface area (Å²) in [7, 11) is 0. The van der Waals surface area contributed by atoms with E-state index in [1.54, 1.807) is 19.3 Å². The van der Waals surface area contributed by atoms with Crippen LogP contribution in [-0.4, -0.2) is 6.61 Å².